The molecule has 0 amide bonds. The third-order valence-electron chi connectivity index (χ3n) is 2.53. The number of carbonyl (C=O) groups is 1. The molecule has 0 unspecified atom stereocenters. The molecule has 0 atom stereocenters. The number of H-pyrrole nitrogens is 1. The monoisotopic (exact) mass is 296 g/mol. The average Bonchev–Trinajstić information content (AvgIpc) is 2.69. The number of Topliss-reactive ketones (excluding diaryl/α,β-unsaturated/α-hetero) is 1. The van der Waals surface area contributed by atoms with Gasteiger partial charge >= 0.3 is 0 Å². The van der Waals surface area contributed by atoms with Gasteiger partial charge in [-0.05, 0) is 26.0 Å². The van der Waals surface area contributed by atoms with Crippen LogP contribution in [0.3, 0.4) is 0 Å². The van der Waals surface area contributed by atoms with Crippen molar-refractivity contribution in [3.8, 4) is 5.75 Å². The molecule has 2 rings (SSSR count). The van der Waals surface area contributed by atoms with Crippen LogP contribution in [0.5, 0.6) is 5.75 Å². The molecule has 2 aromatic rings. The van der Waals surface area contributed by atoms with Crippen molar-refractivity contribution < 1.29 is 9.53 Å². The maximum atomic E-state index is 12.1. The molecule has 17 heavy (non-hydrogen) atoms. The normalized spacial score (nSPS) is 11.8. The summed E-state index contributed by atoms with van der Waals surface area (Å²) in [5.41, 5.74) is 1.24. The second-order valence-electron chi connectivity index (χ2n) is 4.29. The highest BCUT2D eigenvalue weighted by molar-refractivity contribution is 9.10. The summed E-state index contributed by atoms with van der Waals surface area (Å²) in [6.07, 6.45) is 0. The van der Waals surface area contributed by atoms with Gasteiger partial charge in [0.2, 0.25) is 0 Å². The molecule has 1 heterocycles. The lowest BCUT2D eigenvalue weighted by molar-refractivity contribution is 0.0958. The molecule has 0 saturated heterocycles. The summed E-state index contributed by atoms with van der Waals surface area (Å²) in [5, 5.41) is 7.73. The van der Waals surface area contributed by atoms with E-state index >= 15 is 0 Å². The Hall–Kier alpha value is -1.36. The summed E-state index contributed by atoms with van der Waals surface area (Å²) >= 11 is 3.35. The van der Waals surface area contributed by atoms with E-state index in [2.05, 4.69) is 26.1 Å². The maximum absolute atomic E-state index is 12.1. The Morgan fingerprint density at radius 2 is 2.18 bits per heavy atom. The van der Waals surface area contributed by atoms with Crippen LogP contribution in [-0.4, -0.2) is 27.4 Å². The van der Waals surface area contributed by atoms with Gasteiger partial charge in [0, 0.05) is 11.5 Å². The van der Waals surface area contributed by atoms with E-state index < -0.39 is 4.32 Å². The first-order valence-corrected chi connectivity index (χ1v) is 5.98. The summed E-state index contributed by atoms with van der Waals surface area (Å²) in [5.74, 6) is 0.687. The molecule has 0 aliphatic heterocycles. The maximum Gasteiger partial charge on any atom is 0.199 e. The average molecular weight is 297 g/mol. The van der Waals surface area contributed by atoms with E-state index in [1.165, 1.54) is 0 Å². The van der Waals surface area contributed by atoms with Crippen LogP contribution in [-0.2, 0) is 0 Å². The molecular weight excluding hydrogens is 284 g/mol. The first-order chi connectivity index (χ1) is 7.93. The lowest BCUT2D eigenvalue weighted by Crippen LogP contribution is -2.24. The number of nitrogens with zero attached hydrogens (tertiary/aromatic N) is 1. The number of benzene rings is 1. The van der Waals surface area contributed by atoms with Crippen molar-refractivity contribution in [1.29, 1.82) is 0 Å². The molecule has 1 N–H and O–H groups in total. The fraction of sp³-hybridized carbons (Fsp3) is 0.333. The molecule has 0 aliphatic rings. The highest BCUT2D eigenvalue weighted by atomic mass is 79.9. The third-order valence-corrected chi connectivity index (χ3v) is 2.89. The van der Waals surface area contributed by atoms with Gasteiger partial charge in [0.25, 0.3) is 0 Å². The molecule has 4 nitrogen and oxygen atoms in total. The molecule has 0 bridgehead atoms. The van der Waals surface area contributed by atoms with Gasteiger partial charge < -0.3 is 4.74 Å². The van der Waals surface area contributed by atoms with Crippen molar-refractivity contribution in [1.82, 2.24) is 10.2 Å². The van der Waals surface area contributed by atoms with Crippen LogP contribution < -0.4 is 4.74 Å². The molecule has 90 valence electrons. The van der Waals surface area contributed by atoms with Gasteiger partial charge in [-0.1, -0.05) is 15.9 Å². The topological polar surface area (TPSA) is 55.0 Å². The first kappa shape index (κ1) is 12.1. The van der Waals surface area contributed by atoms with Crippen molar-refractivity contribution in [2.24, 2.45) is 0 Å². The minimum atomic E-state index is -0.616. The van der Waals surface area contributed by atoms with Crippen LogP contribution in [0.4, 0.5) is 0 Å². The Bertz CT molecular complexity index is 569. The molecule has 1 aromatic heterocycles. The van der Waals surface area contributed by atoms with E-state index in [0.717, 1.165) is 16.7 Å². The molecule has 0 aliphatic carbocycles. The van der Waals surface area contributed by atoms with Gasteiger partial charge in [-0.3, -0.25) is 9.89 Å². The van der Waals surface area contributed by atoms with Crippen LogP contribution >= 0.6 is 15.9 Å². The SMILES string of the molecule is COc1ccc2c(C(=O)C(C)(C)Br)n[nH]c2c1. The van der Waals surface area contributed by atoms with E-state index in [4.69, 9.17) is 4.74 Å². The lowest BCUT2D eigenvalue weighted by atomic mass is 10.0. The third kappa shape index (κ3) is 2.20. The highest BCUT2D eigenvalue weighted by Crippen LogP contribution is 2.27. The number of fused-ring (bicyclic) bond motifs is 1. The number of nitrogens with one attached hydrogen (secondary N) is 1. The largest absolute Gasteiger partial charge is 0.497 e. The number of hydrogen-bond acceptors (Lipinski definition) is 3. The van der Waals surface area contributed by atoms with Crippen LogP contribution in [0.25, 0.3) is 10.9 Å². The van der Waals surface area contributed by atoms with Crippen LogP contribution in [0.2, 0.25) is 0 Å². The van der Waals surface area contributed by atoms with Crippen molar-refractivity contribution >= 4 is 32.6 Å². The Morgan fingerprint density at radius 3 is 2.76 bits per heavy atom. The molecule has 0 fully saturated rings. The molecule has 1 aromatic carbocycles. The van der Waals surface area contributed by atoms with E-state index in [1.54, 1.807) is 21.0 Å². The number of ketones is 1. The number of hydrogen-bond donors (Lipinski definition) is 1. The first-order valence-electron chi connectivity index (χ1n) is 5.19. The minimum absolute atomic E-state index is 0.0473. The predicted molar refractivity (Wildman–Crippen MR) is 70.0 cm³/mol. The van der Waals surface area contributed by atoms with Gasteiger partial charge in [-0.25, -0.2) is 0 Å². The second-order valence-corrected chi connectivity index (χ2v) is 6.27. The zero-order valence-electron chi connectivity index (χ0n) is 9.87. The van der Waals surface area contributed by atoms with Crippen molar-refractivity contribution in [2.75, 3.05) is 7.11 Å². The lowest BCUT2D eigenvalue weighted by Gasteiger charge is -2.12. The quantitative estimate of drug-likeness (QED) is 0.700. The van der Waals surface area contributed by atoms with Crippen molar-refractivity contribution in [2.45, 2.75) is 18.2 Å². The van der Waals surface area contributed by atoms with Gasteiger partial charge in [0.05, 0.1) is 17.0 Å². The molecule has 0 spiro atoms. The number of ether oxygens (including phenoxy) is 1. The Kier molecular flexibility index (Phi) is 2.95. The van der Waals surface area contributed by atoms with E-state index in [1.807, 2.05) is 18.2 Å². The molecule has 5 heteroatoms. The summed E-state index contributed by atoms with van der Waals surface area (Å²) in [6.45, 7) is 3.61. The predicted octanol–water partition coefficient (Wildman–Crippen LogP) is 2.93. The Labute approximate surface area is 107 Å². The van der Waals surface area contributed by atoms with Crippen LogP contribution in [0, 0.1) is 0 Å². The fourth-order valence-electron chi connectivity index (χ4n) is 1.58. The zero-order chi connectivity index (χ0) is 12.6. The van der Waals surface area contributed by atoms with Crippen molar-refractivity contribution in [3.05, 3.63) is 23.9 Å². The van der Waals surface area contributed by atoms with Crippen LogP contribution in [0.15, 0.2) is 18.2 Å². The van der Waals surface area contributed by atoms with Gasteiger partial charge in [0.15, 0.2) is 5.78 Å². The van der Waals surface area contributed by atoms with Crippen molar-refractivity contribution in [3.63, 3.8) is 0 Å². The minimum Gasteiger partial charge on any atom is -0.497 e. The Morgan fingerprint density at radius 1 is 1.47 bits per heavy atom. The molecule has 0 saturated carbocycles. The summed E-state index contributed by atoms with van der Waals surface area (Å²) < 4.78 is 4.50. The Balaban J connectivity index is 2.54. The molecular formula is C12H13BrN2O2. The van der Waals surface area contributed by atoms with Gasteiger partial charge in [0.1, 0.15) is 11.4 Å². The highest BCUT2D eigenvalue weighted by Gasteiger charge is 2.28. The zero-order valence-corrected chi connectivity index (χ0v) is 11.5. The summed E-state index contributed by atoms with van der Waals surface area (Å²) in [4.78, 5) is 12.1. The van der Waals surface area contributed by atoms with E-state index in [-0.39, 0.29) is 5.78 Å². The number of rotatable bonds is 3. The smallest absolute Gasteiger partial charge is 0.199 e. The van der Waals surface area contributed by atoms with E-state index in [0.29, 0.717) is 5.69 Å². The van der Waals surface area contributed by atoms with Crippen LogP contribution in [0.1, 0.15) is 24.3 Å². The summed E-state index contributed by atoms with van der Waals surface area (Å²) in [6, 6.07) is 5.47. The number of alkyl halides is 1. The van der Waals surface area contributed by atoms with Gasteiger partial charge in [-0.2, -0.15) is 5.10 Å². The summed E-state index contributed by atoms with van der Waals surface area (Å²) in [7, 11) is 1.60. The van der Waals surface area contributed by atoms with E-state index in [9.17, 15) is 4.79 Å². The number of aromatic amines is 1. The standard InChI is InChI=1S/C12H13BrN2O2/c1-12(2,13)11(16)10-8-5-4-7(17-3)6-9(8)14-15-10/h4-6H,1-3H3,(H,14,15). The van der Waals surface area contributed by atoms with Gasteiger partial charge in [-0.15, -0.1) is 0 Å². The number of carbonyl (C=O) groups excluding carboxylic acids is 1. The number of halogens is 1. The number of aromatic nitrogens is 2. The fourth-order valence-corrected chi connectivity index (χ4v) is 1.77. The second kappa shape index (κ2) is 4.14. The molecule has 0 radical (unpaired) electrons. The number of methoxy groups -OCH3 is 1.